The summed E-state index contributed by atoms with van der Waals surface area (Å²) < 4.78 is 0. The van der Waals surface area contributed by atoms with Crippen molar-refractivity contribution >= 4 is 16.8 Å². The number of nitrogens with zero attached hydrogens (tertiary/aromatic N) is 1. The molecule has 0 bridgehead atoms. The number of hydrogen-bond acceptors (Lipinski definition) is 2. The minimum atomic E-state index is 0.00176. The molecular weight excluding hydrogens is 272 g/mol. The van der Waals surface area contributed by atoms with Gasteiger partial charge in [0.2, 0.25) is 0 Å². The molecule has 0 fully saturated rings. The summed E-state index contributed by atoms with van der Waals surface area (Å²) >= 11 is 0. The number of rotatable bonds is 3. The normalized spacial score (nSPS) is 17.4. The topological polar surface area (TPSA) is 45.8 Å². The first-order valence-corrected chi connectivity index (χ1v) is 7.85. The summed E-state index contributed by atoms with van der Waals surface area (Å²) in [5.74, 6) is 0.318. The minimum Gasteiger partial charge on any atom is -0.343 e. The summed E-state index contributed by atoms with van der Waals surface area (Å²) in [6.45, 7) is 0. The van der Waals surface area contributed by atoms with E-state index in [4.69, 9.17) is 0 Å². The van der Waals surface area contributed by atoms with E-state index >= 15 is 0 Å². The number of Topliss-reactive ketones (excluding diaryl/α,β-unsaturated/α-hetero) is 1. The van der Waals surface area contributed by atoms with Gasteiger partial charge in [-0.2, -0.15) is 0 Å². The van der Waals surface area contributed by atoms with Crippen molar-refractivity contribution < 1.29 is 4.79 Å². The Labute approximate surface area is 129 Å². The second-order valence-electron chi connectivity index (χ2n) is 5.99. The van der Waals surface area contributed by atoms with Crippen molar-refractivity contribution in [3.63, 3.8) is 0 Å². The average molecular weight is 290 g/mol. The lowest BCUT2D eigenvalue weighted by atomic mass is 9.81. The van der Waals surface area contributed by atoms with Crippen LogP contribution in [0.25, 0.3) is 11.0 Å². The van der Waals surface area contributed by atoms with Gasteiger partial charge in [-0.3, -0.25) is 4.79 Å². The smallest absolute Gasteiger partial charge is 0.144 e. The second-order valence-corrected chi connectivity index (χ2v) is 5.99. The van der Waals surface area contributed by atoms with Gasteiger partial charge in [-0.1, -0.05) is 30.3 Å². The third-order valence-electron chi connectivity index (χ3n) is 4.57. The maximum Gasteiger partial charge on any atom is 0.144 e. The molecule has 1 atom stereocenters. The van der Waals surface area contributed by atoms with Crippen LogP contribution in [-0.2, 0) is 17.6 Å². The number of hydrogen-bond donors (Lipinski definition) is 1. The molecule has 110 valence electrons. The van der Waals surface area contributed by atoms with Gasteiger partial charge < -0.3 is 4.98 Å². The number of aryl methyl sites for hydroxylation is 1. The van der Waals surface area contributed by atoms with E-state index in [2.05, 4.69) is 16.0 Å². The van der Waals surface area contributed by atoms with E-state index in [1.54, 1.807) is 6.20 Å². The first-order valence-electron chi connectivity index (χ1n) is 7.85. The van der Waals surface area contributed by atoms with Gasteiger partial charge >= 0.3 is 0 Å². The monoisotopic (exact) mass is 290 g/mol. The standard InChI is InChI=1S/C19H18N2O/c22-17(12-13-6-2-1-3-7-13)14-8-4-10-16-18(14)15-9-5-11-20-19(15)21-16/h1-3,5-7,9,11,14H,4,8,10,12H2,(H,20,21). The third kappa shape index (κ3) is 2.23. The molecule has 22 heavy (non-hydrogen) atoms. The molecule has 4 rings (SSSR count). The Balaban J connectivity index is 1.71. The van der Waals surface area contributed by atoms with Crippen LogP contribution in [-0.4, -0.2) is 15.8 Å². The van der Waals surface area contributed by atoms with Gasteiger partial charge in [-0.05, 0) is 42.5 Å². The quantitative estimate of drug-likeness (QED) is 0.797. The molecule has 3 aromatic rings. The number of fused-ring (bicyclic) bond motifs is 3. The van der Waals surface area contributed by atoms with Gasteiger partial charge in [0.25, 0.3) is 0 Å². The fourth-order valence-corrected chi connectivity index (χ4v) is 3.56. The predicted molar refractivity (Wildman–Crippen MR) is 86.9 cm³/mol. The van der Waals surface area contributed by atoms with E-state index in [9.17, 15) is 4.79 Å². The predicted octanol–water partition coefficient (Wildman–Crippen LogP) is 3.79. The molecule has 1 N–H and O–H groups in total. The maximum atomic E-state index is 12.8. The molecule has 1 aromatic carbocycles. The number of carbonyl (C=O) groups excluding carboxylic acids is 1. The Morgan fingerprint density at radius 1 is 1.18 bits per heavy atom. The molecule has 3 nitrogen and oxygen atoms in total. The number of benzene rings is 1. The number of nitrogens with one attached hydrogen (secondary N) is 1. The number of ketones is 1. The molecule has 3 heteroatoms. The highest BCUT2D eigenvalue weighted by Crippen LogP contribution is 2.37. The average Bonchev–Trinajstić information content (AvgIpc) is 2.94. The van der Waals surface area contributed by atoms with Crippen LogP contribution >= 0.6 is 0 Å². The van der Waals surface area contributed by atoms with Crippen LogP contribution < -0.4 is 0 Å². The zero-order chi connectivity index (χ0) is 14.9. The second kappa shape index (κ2) is 5.41. The van der Waals surface area contributed by atoms with Crippen molar-refractivity contribution in [2.24, 2.45) is 0 Å². The van der Waals surface area contributed by atoms with Crippen molar-refractivity contribution in [2.45, 2.75) is 31.6 Å². The first-order chi connectivity index (χ1) is 10.8. The number of carbonyl (C=O) groups is 1. The molecule has 1 aliphatic rings. The van der Waals surface area contributed by atoms with Crippen LogP contribution in [0, 0.1) is 0 Å². The highest BCUT2D eigenvalue weighted by molar-refractivity contribution is 5.94. The molecule has 0 saturated carbocycles. The van der Waals surface area contributed by atoms with E-state index in [0.29, 0.717) is 12.2 Å². The summed E-state index contributed by atoms with van der Waals surface area (Å²) in [5, 5.41) is 1.11. The largest absolute Gasteiger partial charge is 0.343 e. The van der Waals surface area contributed by atoms with Gasteiger partial charge in [0.15, 0.2) is 0 Å². The molecule has 2 aromatic heterocycles. The molecule has 0 spiro atoms. The first kappa shape index (κ1) is 13.3. The molecule has 0 radical (unpaired) electrons. The van der Waals surface area contributed by atoms with Gasteiger partial charge in [-0.25, -0.2) is 4.98 Å². The van der Waals surface area contributed by atoms with Crippen LogP contribution in [0.1, 0.15) is 35.6 Å². The molecule has 2 heterocycles. The Morgan fingerprint density at radius 3 is 2.91 bits per heavy atom. The number of pyridine rings is 1. The van der Waals surface area contributed by atoms with Crippen LogP contribution in [0.2, 0.25) is 0 Å². The zero-order valence-electron chi connectivity index (χ0n) is 12.4. The lowest BCUT2D eigenvalue weighted by Gasteiger charge is -2.22. The number of aromatic nitrogens is 2. The number of H-pyrrole nitrogens is 1. The Hall–Kier alpha value is -2.42. The lowest BCUT2D eigenvalue weighted by Crippen LogP contribution is -2.19. The van der Waals surface area contributed by atoms with Gasteiger partial charge in [0.1, 0.15) is 11.4 Å². The molecule has 0 aliphatic heterocycles. The summed E-state index contributed by atoms with van der Waals surface area (Å²) in [6, 6.07) is 14.0. The van der Waals surface area contributed by atoms with Crippen molar-refractivity contribution in [3.8, 4) is 0 Å². The minimum absolute atomic E-state index is 0.00176. The molecule has 0 amide bonds. The van der Waals surface area contributed by atoms with E-state index in [0.717, 1.165) is 35.9 Å². The van der Waals surface area contributed by atoms with Crippen molar-refractivity contribution in [3.05, 3.63) is 65.5 Å². The van der Waals surface area contributed by atoms with Gasteiger partial charge in [0.05, 0.1) is 0 Å². The lowest BCUT2D eigenvalue weighted by molar-refractivity contribution is -0.120. The van der Waals surface area contributed by atoms with Crippen molar-refractivity contribution in [1.29, 1.82) is 0 Å². The fraction of sp³-hybridized carbons (Fsp3) is 0.263. The highest BCUT2D eigenvalue weighted by Gasteiger charge is 2.29. The maximum absolute atomic E-state index is 12.8. The van der Waals surface area contributed by atoms with Crippen LogP contribution in [0.5, 0.6) is 0 Å². The third-order valence-corrected chi connectivity index (χ3v) is 4.57. The van der Waals surface area contributed by atoms with Crippen LogP contribution in [0.4, 0.5) is 0 Å². The van der Waals surface area contributed by atoms with Gasteiger partial charge in [-0.15, -0.1) is 0 Å². The SMILES string of the molecule is O=C(Cc1ccccc1)C1CCCc2[nH]c3ncccc3c21. The van der Waals surface area contributed by atoms with Crippen molar-refractivity contribution in [1.82, 2.24) is 9.97 Å². The Bertz CT molecular complexity index is 820. The molecule has 0 saturated heterocycles. The molecular formula is C19H18N2O. The summed E-state index contributed by atoms with van der Waals surface area (Å²) in [6.07, 6.45) is 5.33. The Kier molecular flexibility index (Phi) is 3.26. The van der Waals surface area contributed by atoms with Crippen LogP contribution in [0.15, 0.2) is 48.7 Å². The van der Waals surface area contributed by atoms with E-state index < -0.39 is 0 Å². The van der Waals surface area contributed by atoms with Crippen LogP contribution in [0.3, 0.4) is 0 Å². The summed E-state index contributed by atoms with van der Waals surface area (Å²) in [4.78, 5) is 20.6. The summed E-state index contributed by atoms with van der Waals surface area (Å²) in [5.41, 5.74) is 4.39. The van der Waals surface area contributed by atoms with E-state index in [1.165, 1.54) is 11.3 Å². The molecule has 1 unspecified atom stereocenters. The summed E-state index contributed by atoms with van der Waals surface area (Å²) in [7, 11) is 0. The molecule has 1 aliphatic carbocycles. The zero-order valence-corrected chi connectivity index (χ0v) is 12.4. The van der Waals surface area contributed by atoms with Gasteiger partial charge in [0, 0.05) is 29.6 Å². The van der Waals surface area contributed by atoms with E-state index in [1.807, 2.05) is 36.4 Å². The van der Waals surface area contributed by atoms with E-state index in [-0.39, 0.29) is 5.92 Å². The number of aromatic amines is 1. The Morgan fingerprint density at radius 2 is 2.05 bits per heavy atom. The van der Waals surface area contributed by atoms with Crippen molar-refractivity contribution in [2.75, 3.05) is 0 Å². The highest BCUT2D eigenvalue weighted by atomic mass is 16.1. The fourth-order valence-electron chi connectivity index (χ4n) is 3.56.